The van der Waals surface area contributed by atoms with Gasteiger partial charge in [0.15, 0.2) is 0 Å². The fraction of sp³-hybridized carbons (Fsp3) is 0.811. The molecule has 6 aliphatic carbocycles. The average molecular weight is 863 g/mol. The van der Waals surface area contributed by atoms with Crippen LogP contribution < -0.4 is 0 Å². The van der Waals surface area contributed by atoms with Crippen molar-refractivity contribution in [3.63, 3.8) is 0 Å². The zero-order valence-corrected chi connectivity index (χ0v) is 36.0. The van der Waals surface area contributed by atoms with Crippen molar-refractivity contribution < 1.29 is 38.5 Å². The molecule has 6 saturated carbocycles. The number of carbonyl (C=O) groups is 4. The first-order valence-electron chi connectivity index (χ1n) is 21.7. The number of benzene rings is 1. The van der Waals surface area contributed by atoms with E-state index >= 15 is 0 Å². The Balaban J connectivity index is -0.000000879. The zero-order valence-electron chi connectivity index (χ0n) is 36.0. The molecule has 0 saturated heterocycles. The predicted octanol–water partition coefficient (Wildman–Crippen LogP) is 15.0. The van der Waals surface area contributed by atoms with Gasteiger partial charge < -0.3 is 19.3 Å². The van der Waals surface area contributed by atoms with Gasteiger partial charge in [0.05, 0.1) is 17.3 Å². The van der Waals surface area contributed by atoms with Crippen LogP contribution in [0.2, 0.25) is 0 Å². The van der Waals surface area contributed by atoms with Gasteiger partial charge >= 0.3 is 17.9 Å². The maximum atomic E-state index is 13.0. The van der Waals surface area contributed by atoms with Gasteiger partial charge in [-0.3, -0.25) is 19.2 Å². The fourth-order valence-corrected chi connectivity index (χ4v) is 9.43. The lowest BCUT2D eigenvalue weighted by atomic mass is 9.53. The minimum atomic E-state index is -0.710. The van der Waals surface area contributed by atoms with Crippen molar-refractivity contribution in [1.29, 1.82) is 0 Å². The number of ether oxygens (including phenoxy) is 3. The average Bonchev–Trinajstić information content (AvgIpc) is 3.81. The number of hydrogen-bond acceptors (Lipinski definition) is 8. The zero-order chi connectivity index (χ0) is 40.8. The quantitative estimate of drug-likeness (QED) is 0.163. The Hall–Kier alpha value is -2.90. The summed E-state index contributed by atoms with van der Waals surface area (Å²) < 4.78 is 17.9. The van der Waals surface area contributed by atoms with Crippen LogP contribution in [0.4, 0.5) is 0 Å². The van der Waals surface area contributed by atoms with Crippen LogP contribution >= 0.6 is 0 Å². The number of Topliss-reactive ketones (excluding diaryl/α,β-unsaturated/α-hetero) is 1. The molecule has 0 radical (unpaired) electrons. The van der Waals surface area contributed by atoms with Gasteiger partial charge in [-0.15, -0.1) is 0 Å². The number of ketones is 1. The second-order valence-corrected chi connectivity index (χ2v) is 19.6. The number of aromatic hydroxyl groups is 1. The topological polar surface area (TPSA) is 116 Å². The van der Waals surface area contributed by atoms with Crippen molar-refractivity contribution in [3.05, 3.63) is 29.8 Å². The Morgan fingerprint density at radius 2 is 1.13 bits per heavy atom. The van der Waals surface area contributed by atoms with E-state index in [9.17, 15) is 19.2 Å². The first-order valence-corrected chi connectivity index (χ1v) is 21.7. The van der Waals surface area contributed by atoms with Crippen LogP contribution in [0.3, 0.4) is 0 Å². The number of rotatable bonds is 12. The molecule has 61 heavy (non-hydrogen) atoms. The Morgan fingerprint density at radius 3 is 1.56 bits per heavy atom. The van der Waals surface area contributed by atoms with E-state index in [1.165, 1.54) is 18.4 Å². The smallest absolute Gasteiger partial charge is 0.312 e. The van der Waals surface area contributed by atoms with Crippen LogP contribution in [-0.4, -0.2) is 45.6 Å². The fourth-order valence-electron chi connectivity index (χ4n) is 9.43. The number of esters is 3. The summed E-state index contributed by atoms with van der Waals surface area (Å²) in [5.41, 5.74) is -0.925. The number of carbonyl (C=O) groups excluding carboxylic acids is 4. The summed E-state index contributed by atoms with van der Waals surface area (Å²) in [5.74, 6) is 1.95. The first-order chi connectivity index (χ1) is 25.7. The minimum Gasteiger partial charge on any atom is -0.508 e. The summed E-state index contributed by atoms with van der Waals surface area (Å²) in [6.07, 6.45) is 14.9. The molecule has 0 heterocycles. The highest BCUT2D eigenvalue weighted by Crippen LogP contribution is 2.56. The van der Waals surface area contributed by atoms with E-state index in [0.717, 1.165) is 70.6 Å². The van der Waals surface area contributed by atoms with Gasteiger partial charge in [0, 0.05) is 11.8 Å². The molecule has 8 nitrogen and oxygen atoms in total. The van der Waals surface area contributed by atoms with Crippen molar-refractivity contribution in [2.45, 2.75) is 246 Å². The van der Waals surface area contributed by atoms with E-state index in [1.54, 1.807) is 12.1 Å². The monoisotopic (exact) mass is 863 g/mol. The molecule has 1 aromatic rings. The standard InChI is InChI=1S/C23H34O5.C14H26O2.C10H14O.6CH4/c1-4-21(2,3)20(26)28-22(7-5-6-8-22)14-18(24)27-23-11-15-9-16(12-23)19(25)17(10-15)13-23;1-6-13(4,5)12(15)16-14(11(2)3)9-7-8-10-14;1-3-8(2)9-4-6-10(11)7-5-9;;;;;;/h15-17H,4-14H2,1-3H3;11H,6-10H2,1-5H3;4-8,11H,3H2,1-2H3;6*1H4. The molecule has 0 aliphatic heterocycles. The second-order valence-electron chi connectivity index (χ2n) is 19.6. The van der Waals surface area contributed by atoms with Crippen molar-refractivity contribution >= 4 is 23.7 Å². The lowest BCUT2D eigenvalue weighted by Gasteiger charge is -2.54. The number of phenolic OH excluding ortho intramolecular Hbond substituents is 1. The van der Waals surface area contributed by atoms with Crippen LogP contribution in [0, 0.1) is 34.5 Å². The van der Waals surface area contributed by atoms with E-state index in [1.807, 2.05) is 53.7 Å². The van der Waals surface area contributed by atoms with E-state index in [2.05, 4.69) is 27.7 Å². The SMILES string of the molecule is C.C.C.C.C.C.CCC(C)(C)C(=O)OC1(C(C)C)CCCC1.CCC(C)(C)C(=O)OC1(CC(=O)OC23CC4CC(C2)C(=O)C(C4)C3)CCCC1.CCC(C)c1ccc(O)cc1. The van der Waals surface area contributed by atoms with E-state index in [0.29, 0.717) is 48.5 Å². The van der Waals surface area contributed by atoms with Gasteiger partial charge in [0.1, 0.15) is 28.3 Å². The Morgan fingerprint density at radius 1 is 0.689 bits per heavy atom. The molecular weight excluding hydrogens is 765 g/mol. The molecule has 358 valence electrons. The van der Waals surface area contributed by atoms with Crippen LogP contribution in [0.1, 0.15) is 234 Å². The van der Waals surface area contributed by atoms with E-state index in [4.69, 9.17) is 19.3 Å². The highest BCUT2D eigenvalue weighted by atomic mass is 16.6. The van der Waals surface area contributed by atoms with E-state index < -0.39 is 16.6 Å². The van der Waals surface area contributed by atoms with Crippen LogP contribution in [-0.2, 0) is 33.4 Å². The van der Waals surface area contributed by atoms with Crippen LogP contribution in [0.25, 0.3) is 0 Å². The minimum absolute atomic E-state index is 0. The molecule has 7 rings (SSSR count). The van der Waals surface area contributed by atoms with Gasteiger partial charge in [-0.25, -0.2) is 0 Å². The van der Waals surface area contributed by atoms with Gasteiger partial charge in [0.25, 0.3) is 0 Å². The Labute approximate surface area is 376 Å². The number of hydrogen-bond donors (Lipinski definition) is 1. The summed E-state index contributed by atoms with van der Waals surface area (Å²) in [6, 6.07) is 7.43. The Kier molecular flexibility index (Phi) is 26.0. The molecule has 3 atom stereocenters. The molecular formula is C53H98O8. The lowest BCUT2D eigenvalue weighted by Crippen LogP contribution is -2.57. The van der Waals surface area contributed by atoms with Gasteiger partial charge in [-0.05, 0) is 166 Å². The maximum Gasteiger partial charge on any atom is 0.312 e. The molecule has 6 fully saturated rings. The molecule has 6 aliphatic rings. The van der Waals surface area contributed by atoms with Crippen molar-refractivity contribution in [2.75, 3.05) is 0 Å². The van der Waals surface area contributed by atoms with Gasteiger partial charge in [-0.1, -0.05) is 98.2 Å². The van der Waals surface area contributed by atoms with Crippen molar-refractivity contribution in [3.8, 4) is 5.75 Å². The van der Waals surface area contributed by atoms with Crippen LogP contribution in [0.5, 0.6) is 5.75 Å². The molecule has 0 amide bonds. The Bertz CT molecular complexity index is 1440. The molecule has 8 heteroatoms. The predicted molar refractivity (Wildman–Crippen MR) is 257 cm³/mol. The highest BCUT2D eigenvalue weighted by Gasteiger charge is 2.57. The third kappa shape index (κ3) is 15.4. The molecule has 1 N–H and O–H groups in total. The lowest BCUT2D eigenvalue weighted by molar-refractivity contribution is -0.196. The largest absolute Gasteiger partial charge is 0.508 e. The third-order valence-corrected chi connectivity index (χ3v) is 14.3. The molecule has 0 spiro atoms. The van der Waals surface area contributed by atoms with Gasteiger partial charge in [0.2, 0.25) is 0 Å². The molecule has 0 aromatic heterocycles. The summed E-state index contributed by atoms with van der Waals surface area (Å²) >= 11 is 0. The van der Waals surface area contributed by atoms with Gasteiger partial charge in [-0.2, -0.15) is 0 Å². The molecule has 4 bridgehead atoms. The van der Waals surface area contributed by atoms with Crippen LogP contribution in [0.15, 0.2) is 24.3 Å². The molecule has 1 aromatic carbocycles. The number of phenols is 1. The summed E-state index contributed by atoms with van der Waals surface area (Å²) in [4.78, 5) is 50.2. The van der Waals surface area contributed by atoms with Crippen molar-refractivity contribution in [1.82, 2.24) is 0 Å². The second kappa shape index (κ2) is 25.4. The normalized spacial score (nSPS) is 24.0. The third-order valence-electron chi connectivity index (χ3n) is 14.3. The highest BCUT2D eigenvalue weighted by molar-refractivity contribution is 5.86. The summed E-state index contributed by atoms with van der Waals surface area (Å²) in [6.45, 7) is 20.4. The van der Waals surface area contributed by atoms with E-state index in [-0.39, 0.29) is 91.7 Å². The first kappa shape index (κ1) is 62.4. The summed E-state index contributed by atoms with van der Waals surface area (Å²) in [5, 5.41) is 9.01. The van der Waals surface area contributed by atoms with Crippen molar-refractivity contribution in [2.24, 2.45) is 34.5 Å². The maximum absolute atomic E-state index is 13.0. The summed E-state index contributed by atoms with van der Waals surface area (Å²) in [7, 11) is 0. The molecule has 3 unspecified atom stereocenters.